The first-order valence-corrected chi connectivity index (χ1v) is 6.54. The summed E-state index contributed by atoms with van der Waals surface area (Å²) in [5.41, 5.74) is 2.85. The van der Waals surface area contributed by atoms with Crippen LogP contribution >= 0.6 is 0 Å². The van der Waals surface area contributed by atoms with Crippen molar-refractivity contribution in [3.63, 3.8) is 0 Å². The minimum atomic E-state index is 1.05. The highest BCUT2D eigenvalue weighted by Crippen LogP contribution is 2.08. The predicted octanol–water partition coefficient (Wildman–Crippen LogP) is 0.854. The number of hydrogen-bond acceptors (Lipinski definition) is 3. The maximum atomic E-state index is 3.38. The molecule has 0 radical (unpaired) electrons. The van der Waals surface area contributed by atoms with Crippen molar-refractivity contribution in [3.8, 4) is 0 Å². The van der Waals surface area contributed by atoms with Gasteiger partial charge in [-0.3, -0.25) is 4.90 Å². The highest BCUT2D eigenvalue weighted by Gasteiger charge is 2.09. The molecule has 3 nitrogen and oxygen atoms in total. The van der Waals surface area contributed by atoms with Crippen LogP contribution in [0, 0.1) is 0 Å². The minimum absolute atomic E-state index is 1.05. The second-order valence-electron chi connectivity index (χ2n) is 4.70. The lowest BCUT2D eigenvalue weighted by atomic mass is 10.1. The van der Waals surface area contributed by atoms with Crippen molar-refractivity contribution in [3.05, 3.63) is 35.4 Å². The maximum absolute atomic E-state index is 3.38. The van der Waals surface area contributed by atoms with Crippen LogP contribution in [0.4, 0.5) is 0 Å². The van der Waals surface area contributed by atoms with E-state index >= 15 is 0 Å². The standard InChI is InChI=1S/C14H23N3/c1-15-7-6-13-2-4-14(5-3-13)12-17-10-8-16-9-11-17/h2-5,15-16H,6-12H2,1H3. The molecule has 3 heteroatoms. The van der Waals surface area contributed by atoms with E-state index in [9.17, 15) is 0 Å². The second-order valence-corrected chi connectivity index (χ2v) is 4.70. The van der Waals surface area contributed by atoms with E-state index in [1.54, 1.807) is 0 Å². The number of nitrogens with one attached hydrogen (secondary N) is 2. The zero-order valence-electron chi connectivity index (χ0n) is 10.7. The third-order valence-corrected chi connectivity index (χ3v) is 3.30. The topological polar surface area (TPSA) is 27.3 Å². The summed E-state index contributed by atoms with van der Waals surface area (Å²) in [6.07, 6.45) is 1.12. The van der Waals surface area contributed by atoms with Crippen LogP contribution in [-0.4, -0.2) is 44.7 Å². The van der Waals surface area contributed by atoms with Gasteiger partial charge in [0.1, 0.15) is 0 Å². The van der Waals surface area contributed by atoms with E-state index in [0.717, 1.165) is 32.6 Å². The first-order valence-electron chi connectivity index (χ1n) is 6.54. The molecule has 1 aromatic carbocycles. The van der Waals surface area contributed by atoms with Gasteiger partial charge >= 0.3 is 0 Å². The van der Waals surface area contributed by atoms with E-state index in [-0.39, 0.29) is 0 Å². The Morgan fingerprint density at radius 3 is 2.41 bits per heavy atom. The summed E-state index contributed by atoms with van der Waals surface area (Å²) < 4.78 is 0. The van der Waals surface area contributed by atoms with Gasteiger partial charge in [0.15, 0.2) is 0 Å². The van der Waals surface area contributed by atoms with Crippen molar-refractivity contribution in [1.29, 1.82) is 0 Å². The lowest BCUT2D eigenvalue weighted by molar-refractivity contribution is 0.233. The summed E-state index contributed by atoms with van der Waals surface area (Å²) in [6.45, 7) is 6.73. The maximum Gasteiger partial charge on any atom is 0.0234 e. The minimum Gasteiger partial charge on any atom is -0.319 e. The molecule has 0 unspecified atom stereocenters. The quantitative estimate of drug-likeness (QED) is 0.790. The molecule has 17 heavy (non-hydrogen) atoms. The molecule has 2 N–H and O–H groups in total. The fraction of sp³-hybridized carbons (Fsp3) is 0.571. The fourth-order valence-electron chi connectivity index (χ4n) is 2.21. The smallest absolute Gasteiger partial charge is 0.0234 e. The molecule has 0 aromatic heterocycles. The fourth-order valence-corrected chi connectivity index (χ4v) is 2.21. The number of rotatable bonds is 5. The molecule has 0 amide bonds. The van der Waals surface area contributed by atoms with Crippen LogP contribution in [0.1, 0.15) is 11.1 Å². The Hall–Kier alpha value is -0.900. The number of nitrogens with zero attached hydrogens (tertiary/aromatic N) is 1. The van der Waals surface area contributed by atoms with Gasteiger partial charge in [0.05, 0.1) is 0 Å². The van der Waals surface area contributed by atoms with Gasteiger partial charge in [0.2, 0.25) is 0 Å². The van der Waals surface area contributed by atoms with Gasteiger partial charge in [-0.25, -0.2) is 0 Å². The normalized spacial score (nSPS) is 17.2. The van der Waals surface area contributed by atoms with Crippen molar-refractivity contribution in [2.75, 3.05) is 39.8 Å². The van der Waals surface area contributed by atoms with Crippen LogP contribution < -0.4 is 10.6 Å². The van der Waals surface area contributed by atoms with Crippen LogP contribution in [0.25, 0.3) is 0 Å². The lowest BCUT2D eigenvalue weighted by Crippen LogP contribution is -2.42. The third kappa shape index (κ3) is 4.11. The van der Waals surface area contributed by atoms with Gasteiger partial charge in [-0.2, -0.15) is 0 Å². The molecule has 94 valence electrons. The molecule has 1 saturated heterocycles. The second kappa shape index (κ2) is 6.74. The highest BCUT2D eigenvalue weighted by molar-refractivity contribution is 5.22. The number of hydrogen-bond donors (Lipinski definition) is 2. The Bertz CT molecular complexity index is 315. The molecule has 0 spiro atoms. The summed E-state index contributed by atoms with van der Waals surface area (Å²) in [6, 6.07) is 9.06. The molecule has 1 fully saturated rings. The summed E-state index contributed by atoms with van der Waals surface area (Å²) >= 11 is 0. The van der Waals surface area contributed by atoms with Crippen molar-refractivity contribution in [1.82, 2.24) is 15.5 Å². The largest absolute Gasteiger partial charge is 0.319 e. The van der Waals surface area contributed by atoms with Crippen molar-refractivity contribution in [2.45, 2.75) is 13.0 Å². The van der Waals surface area contributed by atoms with E-state index in [0.29, 0.717) is 0 Å². The van der Waals surface area contributed by atoms with Crippen LogP contribution in [0.15, 0.2) is 24.3 Å². The molecular formula is C14H23N3. The average Bonchev–Trinajstić information content (AvgIpc) is 2.39. The van der Waals surface area contributed by atoms with Crippen molar-refractivity contribution in [2.24, 2.45) is 0 Å². The zero-order valence-corrected chi connectivity index (χ0v) is 10.7. The summed E-state index contributed by atoms with van der Waals surface area (Å²) in [7, 11) is 2.00. The Morgan fingerprint density at radius 1 is 1.12 bits per heavy atom. The molecule has 0 bridgehead atoms. The van der Waals surface area contributed by atoms with Crippen LogP contribution in [0.5, 0.6) is 0 Å². The molecule has 0 saturated carbocycles. The van der Waals surface area contributed by atoms with E-state index < -0.39 is 0 Å². The molecule has 2 rings (SSSR count). The lowest BCUT2D eigenvalue weighted by Gasteiger charge is -2.27. The number of piperazine rings is 1. The van der Waals surface area contributed by atoms with Gasteiger partial charge in [-0.1, -0.05) is 24.3 Å². The summed E-state index contributed by atoms with van der Waals surface area (Å²) in [5.74, 6) is 0. The van der Waals surface area contributed by atoms with E-state index in [1.807, 2.05) is 7.05 Å². The Morgan fingerprint density at radius 2 is 1.76 bits per heavy atom. The number of benzene rings is 1. The van der Waals surface area contributed by atoms with Crippen molar-refractivity contribution >= 4 is 0 Å². The van der Waals surface area contributed by atoms with Crippen LogP contribution in [0.2, 0.25) is 0 Å². The summed E-state index contributed by atoms with van der Waals surface area (Å²) in [5, 5.41) is 6.57. The molecule has 1 aliphatic rings. The monoisotopic (exact) mass is 233 g/mol. The van der Waals surface area contributed by atoms with Crippen molar-refractivity contribution < 1.29 is 0 Å². The summed E-state index contributed by atoms with van der Waals surface area (Å²) in [4.78, 5) is 2.51. The van der Waals surface area contributed by atoms with Gasteiger partial charge in [0.25, 0.3) is 0 Å². The molecule has 1 heterocycles. The van der Waals surface area contributed by atoms with Gasteiger partial charge in [-0.05, 0) is 31.1 Å². The molecular weight excluding hydrogens is 210 g/mol. The third-order valence-electron chi connectivity index (χ3n) is 3.30. The van der Waals surface area contributed by atoms with Gasteiger partial charge < -0.3 is 10.6 Å². The molecule has 0 atom stereocenters. The average molecular weight is 233 g/mol. The first kappa shape index (κ1) is 12.6. The zero-order chi connectivity index (χ0) is 11.9. The van der Waals surface area contributed by atoms with E-state index in [1.165, 1.54) is 24.2 Å². The Labute approximate surface area is 104 Å². The predicted molar refractivity (Wildman–Crippen MR) is 72.2 cm³/mol. The highest BCUT2D eigenvalue weighted by atomic mass is 15.2. The Kier molecular flexibility index (Phi) is 4.98. The van der Waals surface area contributed by atoms with E-state index in [4.69, 9.17) is 0 Å². The SMILES string of the molecule is CNCCc1ccc(CN2CCNCC2)cc1. The number of likely N-dealkylation sites (N-methyl/N-ethyl adjacent to an activating group) is 1. The Balaban J connectivity index is 1.84. The van der Waals surface area contributed by atoms with Crippen LogP contribution in [-0.2, 0) is 13.0 Å². The molecule has 1 aromatic rings. The molecule has 0 aliphatic carbocycles. The van der Waals surface area contributed by atoms with Crippen LogP contribution in [0.3, 0.4) is 0 Å². The van der Waals surface area contributed by atoms with Gasteiger partial charge in [-0.15, -0.1) is 0 Å². The van der Waals surface area contributed by atoms with E-state index in [2.05, 4.69) is 39.8 Å². The molecule has 1 aliphatic heterocycles. The van der Waals surface area contributed by atoms with Gasteiger partial charge in [0, 0.05) is 32.7 Å². The first-order chi connectivity index (χ1) is 8.38.